The maximum absolute atomic E-state index is 11.7. The van der Waals surface area contributed by atoms with Crippen LogP contribution in [0.3, 0.4) is 0 Å². The summed E-state index contributed by atoms with van der Waals surface area (Å²) in [5.74, 6) is -1.20. The fourth-order valence-corrected chi connectivity index (χ4v) is 1.17. The van der Waals surface area contributed by atoms with Gasteiger partial charge in [-0.3, -0.25) is 9.59 Å². The fourth-order valence-electron chi connectivity index (χ4n) is 1.17. The average molecular weight is 273 g/mol. The smallest absolute Gasteiger partial charge is 0.315 e. The number of hydrogen-bond donors (Lipinski definition) is 3. The van der Waals surface area contributed by atoms with E-state index in [1.807, 2.05) is 6.92 Å². The molecule has 0 radical (unpaired) electrons. The lowest BCUT2D eigenvalue weighted by Crippen LogP contribution is -2.50. The van der Waals surface area contributed by atoms with Crippen LogP contribution in [0, 0.1) is 5.41 Å². The lowest BCUT2D eigenvalue weighted by atomic mass is 9.94. The zero-order valence-corrected chi connectivity index (χ0v) is 12.1. The first-order chi connectivity index (χ1) is 8.61. The summed E-state index contributed by atoms with van der Waals surface area (Å²) in [6.45, 7) is 6.97. The zero-order chi connectivity index (χ0) is 15.2. The van der Waals surface area contributed by atoms with E-state index in [0.717, 1.165) is 0 Å². The third-order valence-electron chi connectivity index (χ3n) is 2.84. The van der Waals surface area contributed by atoms with E-state index in [4.69, 9.17) is 5.11 Å². The van der Waals surface area contributed by atoms with Crippen LogP contribution in [0.25, 0.3) is 0 Å². The Hall–Kier alpha value is -1.79. The lowest BCUT2D eigenvalue weighted by molar-refractivity contribution is -0.146. The molecule has 1 unspecified atom stereocenters. The number of likely N-dealkylation sites (N-methyl/N-ethyl adjacent to an activating group) is 1. The number of carbonyl (C=O) groups is 3. The van der Waals surface area contributed by atoms with Crippen molar-refractivity contribution in [1.29, 1.82) is 0 Å². The van der Waals surface area contributed by atoms with E-state index in [9.17, 15) is 14.4 Å². The van der Waals surface area contributed by atoms with Crippen molar-refractivity contribution in [1.82, 2.24) is 15.5 Å². The molecule has 0 aliphatic rings. The van der Waals surface area contributed by atoms with Crippen molar-refractivity contribution < 1.29 is 19.5 Å². The first-order valence-electron chi connectivity index (χ1n) is 6.14. The Kier molecular flexibility index (Phi) is 6.31. The highest BCUT2D eigenvalue weighted by atomic mass is 16.4. The fraction of sp³-hybridized carbons (Fsp3) is 0.750. The molecule has 0 saturated carbocycles. The van der Waals surface area contributed by atoms with Gasteiger partial charge in [0.05, 0.1) is 5.41 Å². The van der Waals surface area contributed by atoms with Crippen LogP contribution in [-0.4, -0.2) is 54.1 Å². The molecule has 0 heterocycles. The zero-order valence-electron chi connectivity index (χ0n) is 12.1. The molecular weight excluding hydrogens is 250 g/mol. The summed E-state index contributed by atoms with van der Waals surface area (Å²) in [5.41, 5.74) is -1.05. The second-order valence-corrected chi connectivity index (χ2v) is 5.09. The van der Waals surface area contributed by atoms with E-state index in [2.05, 4.69) is 10.6 Å². The lowest BCUT2D eigenvalue weighted by Gasteiger charge is -2.23. The number of rotatable bonds is 6. The summed E-state index contributed by atoms with van der Waals surface area (Å²) < 4.78 is 0. The van der Waals surface area contributed by atoms with Crippen molar-refractivity contribution >= 4 is 17.9 Å². The van der Waals surface area contributed by atoms with Crippen LogP contribution >= 0.6 is 0 Å². The molecular formula is C12H23N3O4. The maximum atomic E-state index is 11.7. The van der Waals surface area contributed by atoms with Crippen molar-refractivity contribution in [3.8, 4) is 0 Å². The molecule has 3 N–H and O–H groups in total. The van der Waals surface area contributed by atoms with Crippen molar-refractivity contribution in [2.45, 2.75) is 33.7 Å². The van der Waals surface area contributed by atoms with E-state index in [1.54, 1.807) is 14.0 Å². The average Bonchev–Trinajstić information content (AvgIpc) is 2.34. The Balaban J connectivity index is 4.26. The molecule has 7 nitrogen and oxygen atoms in total. The van der Waals surface area contributed by atoms with E-state index in [-0.39, 0.29) is 12.5 Å². The Labute approximate surface area is 113 Å². The van der Waals surface area contributed by atoms with E-state index < -0.39 is 23.5 Å². The molecule has 0 fully saturated rings. The van der Waals surface area contributed by atoms with Gasteiger partial charge in [0.15, 0.2) is 0 Å². The second kappa shape index (κ2) is 6.96. The molecule has 0 rings (SSSR count). The van der Waals surface area contributed by atoms with Crippen molar-refractivity contribution in [2.24, 2.45) is 5.41 Å². The largest absolute Gasteiger partial charge is 0.481 e. The van der Waals surface area contributed by atoms with Crippen LogP contribution in [0.2, 0.25) is 0 Å². The molecule has 0 bridgehead atoms. The van der Waals surface area contributed by atoms with E-state index in [1.165, 1.54) is 18.7 Å². The minimum Gasteiger partial charge on any atom is -0.481 e. The molecule has 1 atom stereocenters. The number of hydrogen-bond acceptors (Lipinski definition) is 3. The molecule has 0 aromatic heterocycles. The van der Waals surface area contributed by atoms with Gasteiger partial charge in [0, 0.05) is 20.1 Å². The molecule has 0 aromatic carbocycles. The normalized spacial score (nSPS) is 12.5. The second-order valence-electron chi connectivity index (χ2n) is 5.09. The van der Waals surface area contributed by atoms with Gasteiger partial charge in [0.1, 0.15) is 6.04 Å². The van der Waals surface area contributed by atoms with Gasteiger partial charge < -0.3 is 20.6 Å². The standard InChI is InChI=1S/C12H23N3O4/c1-6-15(5)9(16)8(2)14-11(19)13-7-12(3,4)10(17)18/h8H,6-7H2,1-5H3,(H,17,18)(H2,13,14,19). The summed E-state index contributed by atoms with van der Waals surface area (Å²) in [7, 11) is 1.64. The van der Waals surface area contributed by atoms with Gasteiger partial charge in [-0.25, -0.2) is 4.79 Å². The van der Waals surface area contributed by atoms with Gasteiger partial charge in [-0.15, -0.1) is 0 Å². The minimum atomic E-state index is -1.05. The molecule has 19 heavy (non-hydrogen) atoms. The Morgan fingerprint density at radius 3 is 2.26 bits per heavy atom. The minimum absolute atomic E-state index is 0.0152. The summed E-state index contributed by atoms with van der Waals surface area (Å²) in [5, 5.41) is 13.8. The SMILES string of the molecule is CCN(C)C(=O)C(C)NC(=O)NCC(C)(C)C(=O)O. The van der Waals surface area contributed by atoms with Gasteiger partial charge in [0.2, 0.25) is 5.91 Å². The van der Waals surface area contributed by atoms with Crippen molar-refractivity contribution in [3.63, 3.8) is 0 Å². The predicted molar refractivity (Wildman–Crippen MR) is 70.7 cm³/mol. The van der Waals surface area contributed by atoms with Gasteiger partial charge in [-0.2, -0.15) is 0 Å². The van der Waals surface area contributed by atoms with Crippen LogP contribution in [0.15, 0.2) is 0 Å². The highest BCUT2D eigenvalue weighted by molar-refractivity contribution is 5.86. The highest BCUT2D eigenvalue weighted by Gasteiger charge is 2.28. The maximum Gasteiger partial charge on any atom is 0.315 e. The number of urea groups is 1. The van der Waals surface area contributed by atoms with Crippen LogP contribution in [0.1, 0.15) is 27.7 Å². The summed E-state index contributed by atoms with van der Waals surface area (Å²) in [6, 6.07) is -1.21. The number of nitrogens with zero attached hydrogens (tertiary/aromatic N) is 1. The van der Waals surface area contributed by atoms with Gasteiger partial charge in [-0.1, -0.05) is 0 Å². The van der Waals surface area contributed by atoms with Crippen molar-refractivity contribution in [2.75, 3.05) is 20.1 Å². The summed E-state index contributed by atoms with van der Waals surface area (Å²) in [4.78, 5) is 35.6. The van der Waals surface area contributed by atoms with Crippen LogP contribution in [-0.2, 0) is 9.59 Å². The monoisotopic (exact) mass is 273 g/mol. The van der Waals surface area contributed by atoms with Crippen LogP contribution in [0.4, 0.5) is 4.79 Å². The number of carbonyl (C=O) groups excluding carboxylic acids is 2. The molecule has 7 heteroatoms. The van der Waals surface area contributed by atoms with Gasteiger partial charge >= 0.3 is 12.0 Å². The third-order valence-corrected chi connectivity index (χ3v) is 2.84. The van der Waals surface area contributed by atoms with E-state index in [0.29, 0.717) is 6.54 Å². The Morgan fingerprint density at radius 2 is 1.84 bits per heavy atom. The first-order valence-corrected chi connectivity index (χ1v) is 6.14. The van der Waals surface area contributed by atoms with Crippen molar-refractivity contribution in [3.05, 3.63) is 0 Å². The highest BCUT2D eigenvalue weighted by Crippen LogP contribution is 2.12. The molecule has 0 saturated heterocycles. The Morgan fingerprint density at radius 1 is 1.32 bits per heavy atom. The number of carboxylic acids is 1. The van der Waals surface area contributed by atoms with Crippen LogP contribution < -0.4 is 10.6 Å². The summed E-state index contributed by atoms with van der Waals surface area (Å²) >= 11 is 0. The molecule has 110 valence electrons. The van der Waals surface area contributed by atoms with E-state index >= 15 is 0 Å². The topological polar surface area (TPSA) is 98.7 Å². The Bertz CT molecular complexity index is 355. The van der Waals surface area contributed by atoms with Gasteiger partial charge in [-0.05, 0) is 27.7 Å². The number of nitrogens with one attached hydrogen (secondary N) is 2. The number of aliphatic carboxylic acids is 1. The molecule has 0 spiro atoms. The van der Waals surface area contributed by atoms with Crippen LogP contribution in [0.5, 0.6) is 0 Å². The number of carboxylic acid groups (broad SMARTS) is 1. The third kappa shape index (κ3) is 5.58. The molecule has 0 aromatic rings. The first kappa shape index (κ1) is 17.2. The molecule has 0 aliphatic carbocycles. The quantitative estimate of drug-likeness (QED) is 0.646. The van der Waals surface area contributed by atoms with Gasteiger partial charge in [0.25, 0.3) is 0 Å². The number of amides is 3. The molecule has 0 aliphatic heterocycles. The predicted octanol–water partition coefficient (Wildman–Crippen LogP) is 0.263. The molecule has 3 amide bonds. The summed E-state index contributed by atoms with van der Waals surface area (Å²) in [6.07, 6.45) is 0.